The summed E-state index contributed by atoms with van der Waals surface area (Å²) in [4.78, 5) is 18.6. The predicted molar refractivity (Wildman–Crippen MR) is 63.0 cm³/mol. The van der Waals surface area contributed by atoms with Gasteiger partial charge in [-0.1, -0.05) is 0 Å². The number of hydrogen-bond donors (Lipinski definition) is 2. The lowest BCUT2D eigenvalue weighted by molar-refractivity contribution is 0.0694. The zero-order valence-electron chi connectivity index (χ0n) is 9.83. The summed E-state index contributed by atoms with van der Waals surface area (Å²) in [5, 5.41) is 12.1. The van der Waals surface area contributed by atoms with E-state index in [1.807, 2.05) is 13.0 Å². The van der Waals surface area contributed by atoms with Crippen LogP contribution in [0, 0.1) is 0 Å². The maximum Gasteiger partial charge on any atom is 0.339 e. The van der Waals surface area contributed by atoms with Crippen molar-refractivity contribution in [2.45, 2.75) is 19.5 Å². The van der Waals surface area contributed by atoms with E-state index in [1.54, 1.807) is 12.3 Å². The molecule has 1 atom stereocenters. The molecule has 6 nitrogen and oxygen atoms in total. The van der Waals surface area contributed by atoms with Crippen LogP contribution in [0.15, 0.2) is 35.3 Å². The Bertz CT molecular complexity index is 525. The molecule has 0 saturated carbocycles. The predicted octanol–water partition coefficient (Wildman–Crippen LogP) is 1.62. The first-order chi connectivity index (χ1) is 8.68. The molecule has 2 aromatic heterocycles. The van der Waals surface area contributed by atoms with Crippen LogP contribution in [0.4, 0.5) is 0 Å². The minimum Gasteiger partial charge on any atom is -0.478 e. The molecular weight excluding hydrogens is 234 g/mol. The summed E-state index contributed by atoms with van der Waals surface area (Å²) in [6.45, 7) is 2.27. The van der Waals surface area contributed by atoms with Gasteiger partial charge in [0.2, 0.25) is 0 Å². The number of aromatic nitrogens is 2. The van der Waals surface area contributed by atoms with Crippen LogP contribution in [-0.2, 0) is 6.54 Å². The van der Waals surface area contributed by atoms with Crippen molar-refractivity contribution >= 4 is 5.97 Å². The fourth-order valence-corrected chi connectivity index (χ4v) is 1.56. The zero-order chi connectivity index (χ0) is 13.0. The molecule has 2 aromatic rings. The lowest BCUT2D eigenvalue weighted by Gasteiger charge is -2.11. The second-order valence-electron chi connectivity index (χ2n) is 3.81. The standard InChI is InChI=1S/C12H13N3O3/c1-8(11-3-2-4-18-11)14-6-10-9(12(16)17)5-13-7-15-10/h2-5,7-8,14H,6H2,1H3,(H,16,17)/t8-/m0/s1. The summed E-state index contributed by atoms with van der Waals surface area (Å²) < 4.78 is 5.25. The van der Waals surface area contributed by atoms with Crippen LogP contribution in [0.25, 0.3) is 0 Å². The first-order valence-corrected chi connectivity index (χ1v) is 5.47. The molecule has 0 spiro atoms. The van der Waals surface area contributed by atoms with Crippen molar-refractivity contribution in [3.05, 3.63) is 47.9 Å². The first-order valence-electron chi connectivity index (χ1n) is 5.47. The van der Waals surface area contributed by atoms with Gasteiger partial charge in [0, 0.05) is 12.7 Å². The van der Waals surface area contributed by atoms with Gasteiger partial charge in [0.1, 0.15) is 17.7 Å². The number of carboxylic acids is 1. The van der Waals surface area contributed by atoms with Gasteiger partial charge >= 0.3 is 5.97 Å². The first kappa shape index (κ1) is 12.3. The van der Waals surface area contributed by atoms with Gasteiger partial charge in [-0.2, -0.15) is 0 Å². The number of rotatable bonds is 5. The number of carbonyl (C=O) groups is 1. The van der Waals surface area contributed by atoms with Crippen LogP contribution in [-0.4, -0.2) is 21.0 Å². The second-order valence-corrected chi connectivity index (χ2v) is 3.81. The summed E-state index contributed by atoms with van der Waals surface area (Å²) >= 11 is 0. The summed E-state index contributed by atoms with van der Waals surface area (Å²) in [7, 11) is 0. The molecule has 94 valence electrons. The zero-order valence-corrected chi connectivity index (χ0v) is 9.83. The molecule has 0 unspecified atom stereocenters. The molecule has 2 N–H and O–H groups in total. The van der Waals surface area contributed by atoms with Gasteiger partial charge in [0.05, 0.1) is 18.0 Å². The van der Waals surface area contributed by atoms with Crippen LogP contribution < -0.4 is 5.32 Å². The van der Waals surface area contributed by atoms with Crippen molar-refractivity contribution in [3.8, 4) is 0 Å². The molecule has 6 heteroatoms. The van der Waals surface area contributed by atoms with E-state index in [2.05, 4.69) is 15.3 Å². The number of hydrogen-bond acceptors (Lipinski definition) is 5. The third kappa shape index (κ3) is 2.72. The van der Waals surface area contributed by atoms with Gasteiger partial charge in [-0.3, -0.25) is 0 Å². The molecule has 0 aliphatic carbocycles. The quantitative estimate of drug-likeness (QED) is 0.834. The number of furan rings is 1. The number of carboxylic acid groups (broad SMARTS) is 1. The van der Waals surface area contributed by atoms with Gasteiger partial charge < -0.3 is 14.8 Å². The Labute approximate surface area is 104 Å². The number of nitrogens with one attached hydrogen (secondary N) is 1. The molecule has 2 heterocycles. The van der Waals surface area contributed by atoms with E-state index < -0.39 is 5.97 Å². The van der Waals surface area contributed by atoms with E-state index in [1.165, 1.54) is 12.5 Å². The lowest BCUT2D eigenvalue weighted by Crippen LogP contribution is -2.20. The third-order valence-electron chi connectivity index (χ3n) is 2.57. The topological polar surface area (TPSA) is 88.2 Å². The number of aromatic carboxylic acids is 1. The third-order valence-corrected chi connectivity index (χ3v) is 2.57. The van der Waals surface area contributed by atoms with Crippen molar-refractivity contribution < 1.29 is 14.3 Å². The van der Waals surface area contributed by atoms with Crippen LogP contribution in [0.5, 0.6) is 0 Å². The Morgan fingerprint density at radius 2 is 2.44 bits per heavy atom. The van der Waals surface area contributed by atoms with Crippen molar-refractivity contribution in [2.24, 2.45) is 0 Å². The Hall–Kier alpha value is -2.21. The minimum atomic E-state index is -1.03. The van der Waals surface area contributed by atoms with E-state index >= 15 is 0 Å². The number of nitrogens with zero attached hydrogens (tertiary/aromatic N) is 2. The Balaban J connectivity index is 2.04. The molecular formula is C12H13N3O3. The van der Waals surface area contributed by atoms with E-state index in [0.29, 0.717) is 12.2 Å². The van der Waals surface area contributed by atoms with Crippen molar-refractivity contribution in [1.82, 2.24) is 15.3 Å². The summed E-state index contributed by atoms with van der Waals surface area (Å²) in [5.41, 5.74) is 0.563. The van der Waals surface area contributed by atoms with E-state index in [4.69, 9.17) is 9.52 Å². The molecule has 0 bridgehead atoms. The molecule has 18 heavy (non-hydrogen) atoms. The Morgan fingerprint density at radius 3 is 3.11 bits per heavy atom. The van der Waals surface area contributed by atoms with Crippen LogP contribution in [0.3, 0.4) is 0 Å². The molecule has 0 radical (unpaired) electrons. The maximum absolute atomic E-state index is 11.0. The van der Waals surface area contributed by atoms with Crippen molar-refractivity contribution in [1.29, 1.82) is 0 Å². The molecule has 0 aliphatic rings. The SMILES string of the molecule is C[C@H](NCc1ncncc1C(=O)O)c1ccco1. The summed E-state index contributed by atoms with van der Waals surface area (Å²) in [6, 6.07) is 3.65. The van der Waals surface area contributed by atoms with Crippen LogP contribution in [0.1, 0.15) is 34.8 Å². The molecule has 0 amide bonds. The van der Waals surface area contributed by atoms with E-state index in [9.17, 15) is 4.79 Å². The normalized spacial score (nSPS) is 12.3. The van der Waals surface area contributed by atoms with Gasteiger partial charge in [-0.05, 0) is 19.1 Å². The monoisotopic (exact) mass is 247 g/mol. The van der Waals surface area contributed by atoms with Gasteiger partial charge in [-0.25, -0.2) is 14.8 Å². The van der Waals surface area contributed by atoms with Crippen molar-refractivity contribution in [3.63, 3.8) is 0 Å². The van der Waals surface area contributed by atoms with Gasteiger partial charge in [-0.15, -0.1) is 0 Å². The summed E-state index contributed by atoms with van der Waals surface area (Å²) in [6.07, 6.45) is 4.23. The smallest absolute Gasteiger partial charge is 0.339 e. The van der Waals surface area contributed by atoms with Crippen molar-refractivity contribution in [2.75, 3.05) is 0 Å². The average Bonchev–Trinajstić information content (AvgIpc) is 2.90. The molecule has 2 rings (SSSR count). The highest BCUT2D eigenvalue weighted by Gasteiger charge is 2.13. The average molecular weight is 247 g/mol. The van der Waals surface area contributed by atoms with Gasteiger partial charge in [0.25, 0.3) is 0 Å². The highest BCUT2D eigenvalue weighted by atomic mass is 16.4. The maximum atomic E-state index is 11.0. The Kier molecular flexibility index (Phi) is 3.69. The van der Waals surface area contributed by atoms with Gasteiger partial charge in [0.15, 0.2) is 0 Å². The largest absolute Gasteiger partial charge is 0.478 e. The van der Waals surface area contributed by atoms with E-state index in [-0.39, 0.29) is 11.6 Å². The fourth-order valence-electron chi connectivity index (χ4n) is 1.56. The second kappa shape index (κ2) is 5.42. The summed E-state index contributed by atoms with van der Waals surface area (Å²) in [5.74, 6) is -0.237. The molecule has 0 saturated heterocycles. The van der Waals surface area contributed by atoms with Crippen LogP contribution in [0.2, 0.25) is 0 Å². The Morgan fingerprint density at radius 1 is 1.61 bits per heavy atom. The van der Waals surface area contributed by atoms with Crippen LogP contribution >= 0.6 is 0 Å². The molecule has 0 fully saturated rings. The van der Waals surface area contributed by atoms with E-state index in [0.717, 1.165) is 5.76 Å². The lowest BCUT2D eigenvalue weighted by atomic mass is 10.2. The fraction of sp³-hybridized carbons (Fsp3) is 0.250. The highest BCUT2D eigenvalue weighted by Crippen LogP contribution is 2.13. The molecule has 0 aromatic carbocycles. The molecule has 0 aliphatic heterocycles. The highest BCUT2D eigenvalue weighted by molar-refractivity contribution is 5.88. The minimum absolute atomic E-state index is 0.0170.